The van der Waals surface area contributed by atoms with Crippen LogP contribution in [0.4, 0.5) is 17.1 Å². The average Bonchev–Trinajstić information content (AvgIpc) is 3.50. The minimum absolute atomic E-state index is 1.13. The molecule has 0 aliphatic carbocycles. The number of hydrogen-bond acceptors (Lipinski definition) is 1. The quantitative estimate of drug-likeness (QED) is 0.178. The van der Waals surface area contributed by atoms with Gasteiger partial charge in [0.15, 0.2) is 0 Å². The van der Waals surface area contributed by atoms with Crippen LogP contribution in [0.5, 0.6) is 0 Å². The lowest BCUT2D eigenvalue weighted by Crippen LogP contribution is -2.11. The fourth-order valence-corrected chi connectivity index (χ4v) is 7.22. The van der Waals surface area contributed by atoms with Gasteiger partial charge in [0.1, 0.15) is 0 Å². The van der Waals surface area contributed by atoms with Gasteiger partial charge in [-0.1, -0.05) is 127 Å². The van der Waals surface area contributed by atoms with E-state index in [2.05, 4.69) is 204 Å². The zero-order valence-corrected chi connectivity index (χ0v) is 27.3. The third kappa shape index (κ3) is 5.15. The molecule has 0 aliphatic heterocycles. The average molecular weight is 627 g/mol. The van der Waals surface area contributed by atoms with Crippen molar-refractivity contribution >= 4 is 49.6 Å². The molecule has 0 spiro atoms. The van der Waals surface area contributed by atoms with E-state index in [1.165, 1.54) is 71.8 Å². The van der Waals surface area contributed by atoms with Gasteiger partial charge in [0.2, 0.25) is 0 Å². The van der Waals surface area contributed by atoms with Gasteiger partial charge in [-0.2, -0.15) is 0 Å². The van der Waals surface area contributed by atoms with Gasteiger partial charge in [-0.25, -0.2) is 0 Å². The first-order valence-corrected chi connectivity index (χ1v) is 16.9. The number of rotatable bonds is 6. The normalized spacial score (nSPS) is 11.4. The lowest BCUT2D eigenvalue weighted by Gasteiger charge is -2.27. The molecule has 0 saturated heterocycles. The number of para-hydroxylation sites is 3. The number of fused-ring (bicyclic) bond motifs is 4. The minimum atomic E-state index is 1.13. The van der Waals surface area contributed by atoms with E-state index in [0.717, 1.165) is 11.4 Å². The Bertz CT molecular complexity index is 2590. The van der Waals surface area contributed by atoms with Crippen LogP contribution in [0, 0.1) is 6.92 Å². The number of hydrogen-bond donors (Lipinski definition) is 0. The molecule has 2 heteroatoms. The van der Waals surface area contributed by atoms with Gasteiger partial charge in [-0.3, -0.25) is 0 Å². The van der Waals surface area contributed by atoms with Crippen molar-refractivity contribution in [3.8, 4) is 27.9 Å². The van der Waals surface area contributed by atoms with Crippen LogP contribution in [0.2, 0.25) is 0 Å². The second kappa shape index (κ2) is 12.0. The molecule has 0 bridgehead atoms. The van der Waals surface area contributed by atoms with Crippen LogP contribution >= 0.6 is 0 Å². The van der Waals surface area contributed by atoms with E-state index in [1.54, 1.807) is 0 Å². The monoisotopic (exact) mass is 626 g/mol. The Morgan fingerprint density at radius 2 is 0.959 bits per heavy atom. The van der Waals surface area contributed by atoms with E-state index < -0.39 is 0 Å². The molecule has 0 atom stereocenters. The summed E-state index contributed by atoms with van der Waals surface area (Å²) < 4.78 is 2.36. The predicted octanol–water partition coefficient (Wildman–Crippen LogP) is 13.0. The molecule has 0 radical (unpaired) electrons. The molecule has 0 aliphatic rings. The lowest BCUT2D eigenvalue weighted by atomic mass is 9.98. The van der Waals surface area contributed by atoms with Crippen molar-refractivity contribution in [3.05, 3.63) is 194 Å². The number of benzene rings is 8. The van der Waals surface area contributed by atoms with Crippen LogP contribution < -0.4 is 4.90 Å². The molecule has 0 unspecified atom stereocenters. The smallest absolute Gasteiger partial charge is 0.0541 e. The zero-order chi connectivity index (χ0) is 32.7. The first kappa shape index (κ1) is 28.8. The number of aryl methyl sites for hydroxylation is 1. The Morgan fingerprint density at radius 1 is 0.388 bits per heavy atom. The molecule has 232 valence electrons. The molecule has 9 rings (SSSR count). The summed E-state index contributed by atoms with van der Waals surface area (Å²) in [6.07, 6.45) is 0. The Morgan fingerprint density at radius 3 is 1.73 bits per heavy atom. The third-order valence-corrected chi connectivity index (χ3v) is 9.71. The van der Waals surface area contributed by atoms with Crippen LogP contribution in [0.3, 0.4) is 0 Å². The largest absolute Gasteiger partial charge is 0.310 e. The number of anilines is 3. The molecule has 0 amide bonds. The molecular formula is C47H34N2. The van der Waals surface area contributed by atoms with Gasteiger partial charge in [0.05, 0.1) is 11.0 Å². The highest BCUT2D eigenvalue weighted by molar-refractivity contribution is 6.10. The summed E-state index contributed by atoms with van der Waals surface area (Å²) in [6, 6.07) is 68.0. The number of nitrogens with zero attached hydrogens (tertiary/aromatic N) is 2. The highest BCUT2D eigenvalue weighted by Gasteiger charge is 2.16. The third-order valence-electron chi connectivity index (χ3n) is 9.71. The van der Waals surface area contributed by atoms with Gasteiger partial charge in [-0.05, 0) is 106 Å². The van der Waals surface area contributed by atoms with Crippen molar-refractivity contribution < 1.29 is 0 Å². The molecule has 0 saturated carbocycles. The van der Waals surface area contributed by atoms with Crippen molar-refractivity contribution in [2.24, 2.45) is 0 Å². The van der Waals surface area contributed by atoms with Crippen LogP contribution in [-0.4, -0.2) is 4.57 Å². The standard InChI is InChI=1S/C47H34N2/c1-33-11-5-9-17-45(33)48(42-29-25-34-12-6-7-13-38(34)31-42)41-27-23-36(24-28-41)35-19-21-37(22-20-35)39-26-30-47-44(32-39)43-16-8-10-18-46(43)49(47)40-14-3-2-4-15-40/h2-32H,1H3. The second-order valence-electron chi connectivity index (χ2n) is 12.7. The zero-order valence-electron chi connectivity index (χ0n) is 27.3. The maximum Gasteiger partial charge on any atom is 0.0541 e. The van der Waals surface area contributed by atoms with Crippen LogP contribution in [0.15, 0.2) is 188 Å². The highest BCUT2D eigenvalue weighted by Crippen LogP contribution is 2.39. The summed E-state index contributed by atoms with van der Waals surface area (Å²) in [6.45, 7) is 2.18. The summed E-state index contributed by atoms with van der Waals surface area (Å²) in [5.41, 5.74) is 13.1. The first-order chi connectivity index (χ1) is 24.2. The number of aromatic nitrogens is 1. The van der Waals surface area contributed by atoms with Crippen molar-refractivity contribution in [2.75, 3.05) is 4.90 Å². The molecule has 1 heterocycles. The van der Waals surface area contributed by atoms with E-state index in [-0.39, 0.29) is 0 Å². The van der Waals surface area contributed by atoms with Gasteiger partial charge in [0, 0.05) is 33.5 Å². The maximum absolute atomic E-state index is 2.36. The summed E-state index contributed by atoms with van der Waals surface area (Å²) in [4.78, 5) is 2.36. The van der Waals surface area contributed by atoms with Crippen LogP contribution in [-0.2, 0) is 0 Å². The molecule has 0 fully saturated rings. The topological polar surface area (TPSA) is 8.17 Å². The summed E-state index contributed by atoms with van der Waals surface area (Å²) in [5.74, 6) is 0. The van der Waals surface area contributed by atoms with Gasteiger partial charge in [0.25, 0.3) is 0 Å². The molecule has 2 nitrogen and oxygen atoms in total. The Hall–Kier alpha value is -6.38. The van der Waals surface area contributed by atoms with Crippen LogP contribution in [0.1, 0.15) is 5.56 Å². The summed E-state index contributed by atoms with van der Waals surface area (Å²) in [7, 11) is 0. The lowest BCUT2D eigenvalue weighted by molar-refractivity contribution is 1.18. The van der Waals surface area contributed by atoms with Crippen molar-refractivity contribution in [2.45, 2.75) is 6.92 Å². The Labute approximate surface area is 286 Å². The minimum Gasteiger partial charge on any atom is -0.310 e. The van der Waals surface area contributed by atoms with Crippen molar-refractivity contribution in [3.63, 3.8) is 0 Å². The maximum atomic E-state index is 2.36. The van der Waals surface area contributed by atoms with Crippen molar-refractivity contribution in [1.82, 2.24) is 4.57 Å². The fraction of sp³-hybridized carbons (Fsp3) is 0.0213. The second-order valence-corrected chi connectivity index (χ2v) is 12.7. The van der Waals surface area contributed by atoms with E-state index in [0.29, 0.717) is 0 Å². The molecule has 49 heavy (non-hydrogen) atoms. The van der Waals surface area contributed by atoms with Gasteiger partial charge >= 0.3 is 0 Å². The van der Waals surface area contributed by atoms with Crippen LogP contribution in [0.25, 0.3) is 60.5 Å². The SMILES string of the molecule is Cc1ccccc1N(c1ccc(-c2ccc(-c3ccc4c(c3)c3ccccc3n4-c3ccccc3)cc2)cc1)c1ccc2ccccc2c1. The molecule has 1 aromatic heterocycles. The first-order valence-electron chi connectivity index (χ1n) is 16.9. The predicted molar refractivity (Wildman–Crippen MR) is 209 cm³/mol. The van der Waals surface area contributed by atoms with E-state index in [1.807, 2.05) is 0 Å². The molecule has 0 N–H and O–H groups in total. The van der Waals surface area contributed by atoms with E-state index >= 15 is 0 Å². The highest BCUT2D eigenvalue weighted by atomic mass is 15.1. The van der Waals surface area contributed by atoms with E-state index in [9.17, 15) is 0 Å². The molecule has 8 aromatic carbocycles. The Kier molecular flexibility index (Phi) is 7.06. The van der Waals surface area contributed by atoms with Gasteiger partial charge in [-0.15, -0.1) is 0 Å². The molecule has 9 aromatic rings. The molecular weight excluding hydrogens is 593 g/mol. The Balaban J connectivity index is 1.05. The van der Waals surface area contributed by atoms with Gasteiger partial charge < -0.3 is 9.47 Å². The summed E-state index contributed by atoms with van der Waals surface area (Å²) >= 11 is 0. The van der Waals surface area contributed by atoms with E-state index in [4.69, 9.17) is 0 Å². The fourth-order valence-electron chi connectivity index (χ4n) is 7.22. The summed E-state index contributed by atoms with van der Waals surface area (Å²) in [5, 5.41) is 5.01. The van der Waals surface area contributed by atoms with Crippen molar-refractivity contribution in [1.29, 1.82) is 0 Å².